The van der Waals surface area contributed by atoms with Crippen LogP contribution in [0.3, 0.4) is 0 Å². The van der Waals surface area contributed by atoms with Crippen LogP contribution in [0.25, 0.3) is 0 Å². The average Bonchev–Trinajstić information content (AvgIpc) is 3.28. The number of hydrogen-bond acceptors (Lipinski definition) is 3. The van der Waals surface area contributed by atoms with E-state index in [1.54, 1.807) is 0 Å². The molecule has 3 aromatic rings. The Kier molecular flexibility index (Phi) is 7.84. The maximum Gasteiger partial charge on any atom is 0.226 e. The second-order valence-electron chi connectivity index (χ2n) is 10.7. The van der Waals surface area contributed by atoms with Crippen molar-refractivity contribution < 1.29 is 4.79 Å². The highest BCUT2D eigenvalue weighted by Gasteiger charge is 2.50. The third-order valence-electron chi connectivity index (χ3n) is 8.17. The molecule has 0 radical (unpaired) electrons. The summed E-state index contributed by atoms with van der Waals surface area (Å²) >= 11 is 0. The van der Waals surface area contributed by atoms with Gasteiger partial charge in [0.15, 0.2) is 0 Å². The third kappa shape index (κ3) is 5.71. The maximum absolute atomic E-state index is 13.2. The van der Waals surface area contributed by atoms with E-state index in [2.05, 4.69) is 87.5 Å². The summed E-state index contributed by atoms with van der Waals surface area (Å²) in [4.78, 5) is 20.6. The Labute approximate surface area is 216 Å². The number of anilines is 1. The van der Waals surface area contributed by atoms with Crippen molar-refractivity contribution in [2.45, 2.75) is 32.7 Å². The maximum atomic E-state index is 13.2. The van der Waals surface area contributed by atoms with E-state index in [0.717, 1.165) is 57.9 Å². The Hall–Kier alpha value is -2.95. The minimum atomic E-state index is 0.0738. The minimum Gasteiger partial charge on any atom is -0.312 e. The fourth-order valence-electron chi connectivity index (χ4n) is 6.33. The molecule has 2 atom stereocenters. The first-order chi connectivity index (χ1) is 17.6. The number of piperidine rings is 1. The van der Waals surface area contributed by atoms with E-state index in [1.165, 1.54) is 17.5 Å². The van der Waals surface area contributed by atoms with Gasteiger partial charge < -0.3 is 9.80 Å². The predicted molar refractivity (Wildman–Crippen MR) is 148 cm³/mol. The SMILES string of the molecule is CCC(=O)N(CC12CN(CCc3ccccc3)CCC1CN(Cc1ccccc1)C2)c1ccccc1. The van der Waals surface area contributed by atoms with Crippen LogP contribution in [0.5, 0.6) is 0 Å². The van der Waals surface area contributed by atoms with E-state index in [-0.39, 0.29) is 11.3 Å². The lowest BCUT2D eigenvalue weighted by Crippen LogP contribution is -2.55. The summed E-state index contributed by atoms with van der Waals surface area (Å²) in [6.07, 6.45) is 2.80. The molecule has 0 aromatic heterocycles. The topological polar surface area (TPSA) is 26.8 Å². The zero-order valence-electron chi connectivity index (χ0n) is 21.6. The molecule has 2 heterocycles. The molecule has 2 saturated heterocycles. The first-order valence-corrected chi connectivity index (χ1v) is 13.5. The zero-order valence-corrected chi connectivity index (χ0v) is 21.6. The molecule has 0 saturated carbocycles. The molecule has 0 aliphatic carbocycles. The van der Waals surface area contributed by atoms with Gasteiger partial charge in [0.05, 0.1) is 0 Å². The van der Waals surface area contributed by atoms with Crippen molar-refractivity contribution in [2.75, 3.05) is 44.2 Å². The van der Waals surface area contributed by atoms with E-state index in [4.69, 9.17) is 0 Å². The van der Waals surface area contributed by atoms with Crippen molar-refractivity contribution in [3.8, 4) is 0 Å². The Balaban J connectivity index is 1.39. The molecule has 36 heavy (non-hydrogen) atoms. The number of carbonyl (C=O) groups is 1. The molecule has 0 bridgehead atoms. The van der Waals surface area contributed by atoms with Gasteiger partial charge in [-0.25, -0.2) is 0 Å². The first-order valence-electron chi connectivity index (χ1n) is 13.5. The number of hydrogen-bond donors (Lipinski definition) is 0. The lowest BCUT2D eigenvalue weighted by molar-refractivity contribution is -0.118. The molecule has 2 unspecified atom stereocenters. The monoisotopic (exact) mass is 481 g/mol. The van der Waals surface area contributed by atoms with Crippen molar-refractivity contribution in [1.82, 2.24) is 9.80 Å². The van der Waals surface area contributed by atoms with Gasteiger partial charge in [-0.2, -0.15) is 0 Å². The molecule has 2 aliphatic rings. The second kappa shape index (κ2) is 11.4. The summed E-state index contributed by atoms with van der Waals surface area (Å²) in [5.41, 5.74) is 3.87. The van der Waals surface area contributed by atoms with Gasteiger partial charge in [0.2, 0.25) is 5.91 Å². The zero-order chi connectivity index (χ0) is 24.8. The van der Waals surface area contributed by atoms with Gasteiger partial charge in [-0.05, 0) is 48.6 Å². The summed E-state index contributed by atoms with van der Waals surface area (Å²) in [5.74, 6) is 0.822. The van der Waals surface area contributed by atoms with Crippen molar-refractivity contribution >= 4 is 11.6 Å². The van der Waals surface area contributed by atoms with E-state index in [9.17, 15) is 4.79 Å². The Morgan fingerprint density at radius 1 is 0.861 bits per heavy atom. The van der Waals surface area contributed by atoms with E-state index in [0.29, 0.717) is 12.3 Å². The van der Waals surface area contributed by atoms with Gasteiger partial charge in [0.25, 0.3) is 0 Å². The van der Waals surface area contributed by atoms with Gasteiger partial charge in [0.1, 0.15) is 0 Å². The fourth-order valence-corrected chi connectivity index (χ4v) is 6.33. The number of carbonyl (C=O) groups excluding carboxylic acids is 1. The van der Waals surface area contributed by atoms with Gasteiger partial charge in [-0.15, -0.1) is 0 Å². The van der Waals surface area contributed by atoms with Crippen molar-refractivity contribution in [2.24, 2.45) is 11.3 Å². The standard InChI is InChI=1S/C32H39N3O/c1-2-31(36)35(30-16-10-5-11-17-30)26-32-24-33(20-18-27-12-6-3-7-13-27)21-19-29(32)23-34(25-32)22-28-14-8-4-9-15-28/h3-17,29H,2,18-26H2,1H3. The minimum absolute atomic E-state index is 0.0738. The van der Waals surface area contributed by atoms with Crippen molar-refractivity contribution in [1.29, 1.82) is 0 Å². The molecule has 2 fully saturated rings. The Morgan fingerprint density at radius 3 is 2.14 bits per heavy atom. The summed E-state index contributed by atoms with van der Waals surface area (Å²) in [5, 5.41) is 0. The predicted octanol–water partition coefficient (Wildman–Crippen LogP) is 5.50. The number of amides is 1. The highest BCUT2D eigenvalue weighted by molar-refractivity contribution is 5.93. The van der Waals surface area contributed by atoms with Gasteiger partial charge in [-0.3, -0.25) is 9.69 Å². The second-order valence-corrected chi connectivity index (χ2v) is 10.7. The smallest absolute Gasteiger partial charge is 0.226 e. The normalized spacial score (nSPS) is 22.3. The van der Waals surface area contributed by atoms with Crippen LogP contribution in [-0.2, 0) is 17.8 Å². The fraction of sp³-hybridized carbons (Fsp3) is 0.406. The number of nitrogens with zero attached hydrogens (tertiary/aromatic N) is 3. The highest BCUT2D eigenvalue weighted by Crippen LogP contribution is 2.44. The van der Waals surface area contributed by atoms with Crippen LogP contribution >= 0.6 is 0 Å². The van der Waals surface area contributed by atoms with E-state index >= 15 is 0 Å². The number of likely N-dealkylation sites (tertiary alicyclic amines) is 2. The first kappa shape index (κ1) is 24.7. The Bertz CT molecular complexity index is 1100. The number of para-hydroxylation sites is 1. The average molecular weight is 482 g/mol. The number of rotatable bonds is 9. The summed E-state index contributed by atoms with van der Waals surface area (Å²) in [7, 11) is 0. The van der Waals surface area contributed by atoms with Crippen LogP contribution < -0.4 is 4.90 Å². The molecule has 2 aliphatic heterocycles. The molecule has 0 spiro atoms. The highest BCUT2D eigenvalue weighted by atomic mass is 16.2. The molecule has 188 valence electrons. The molecule has 1 amide bonds. The third-order valence-corrected chi connectivity index (χ3v) is 8.17. The molecular weight excluding hydrogens is 442 g/mol. The van der Waals surface area contributed by atoms with Crippen LogP contribution in [0, 0.1) is 11.3 Å². The van der Waals surface area contributed by atoms with Gasteiger partial charge >= 0.3 is 0 Å². The molecule has 0 N–H and O–H groups in total. The van der Waals surface area contributed by atoms with E-state index < -0.39 is 0 Å². The summed E-state index contributed by atoms with van der Waals surface area (Å²) in [6, 6.07) is 32.0. The quantitative estimate of drug-likeness (QED) is 0.404. The summed E-state index contributed by atoms with van der Waals surface area (Å²) < 4.78 is 0. The van der Waals surface area contributed by atoms with Gasteiger partial charge in [0, 0.05) is 56.8 Å². The number of benzene rings is 3. The van der Waals surface area contributed by atoms with Crippen LogP contribution in [0.2, 0.25) is 0 Å². The molecule has 4 heteroatoms. The molecule has 5 rings (SSSR count). The Morgan fingerprint density at radius 2 is 1.47 bits per heavy atom. The van der Waals surface area contributed by atoms with Crippen LogP contribution in [0.15, 0.2) is 91.0 Å². The number of fused-ring (bicyclic) bond motifs is 1. The molecule has 3 aromatic carbocycles. The van der Waals surface area contributed by atoms with E-state index in [1.807, 2.05) is 25.1 Å². The molecule has 4 nitrogen and oxygen atoms in total. The summed E-state index contributed by atoms with van der Waals surface area (Å²) in [6.45, 7) is 9.18. The van der Waals surface area contributed by atoms with Crippen molar-refractivity contribution in [3.05, 3.63) is 102 Å². The molecular formula is C32H39N3O. The van der Waals surface area contributed by atoms with Crippen LogP contribution in [0.1, 0.15) is 30.9 Å². The van der Waals surface area contributed by atoms with Gasteiger partial charge in [-0.1, -0.05) is 85.8 Å². The van der Waals surface area contributed by atoms with Crippen LogP contribution in [-0.4, -0.2) is 55.0 Å². The lowest BCUT2D eigenvalue weighted by atomic mass is 9.72. The van der Waals surface area contributed by atoms with Crippen molar-refractivity contribution in [3.63, 3.8) is 0 Å². The van der Waals surface area contributed by atoms with Crippen LogP contribution in [0.4, 0.5) is 5.69 Å². The largest absolute Gasteiger partial charge is 0.312 e. The lowest BCUT2D eigenvalue weighted by Gasteiger charge is -2.46.